The molecule has 0 radical (unpaired) electrons. The normalized spacial score (nSPS) is 18.0. The van der Waals surface area contributed by atoms with Gasteiger partial charge < -0.3 is 4.42 Å². The fraction of sp³-hybridized carbons (Fsp3) is 0.200. The van der Waals surface area contributed by atoms with Gasteiger partial charge in [-0.05, 0) is 48.0 Å². The zero-order valence-electron chi connectivity index (χ0n) is 15.3. The van der Waals surface area contributed by atoms with Crippen LogP contribution in [0.25, 0.3) is 17.4 Å². The molecule has 0 bridgehead atoms. The van der Waals surface area contributed by atoms with Crippen molar-refractivity contribution in [2.24, 2.45) is 16.0 Å². The van der Waals surface area contributed by atoms with Crippen molar-refractivity contribution in [1.82, 2.24) is 5.01 Å². The summed E-state index contributed by atoms with van der Waals surface area (Å²) in [7, 11) is 0. The van der Waals surface area contributed by atoms with Gasteiger partial charge in [0.05, 0.1) is 5.57 Å². The lowest BCUT2D eigenvalue weighted by atomic mass is 10.1. The molecule has 0 atom stereocenters. The summed E-state index contributed by atoms with van der Waals surface area (Å²) < 4.78 is 5.82. The second-order valence-corrected chi connectivity index (χ2v) is 8.30. The van der Waals surface area contributed by atoms with Gasteiger partial charge in [-0.15, -0.1) is 0 Å². The summed E-state index contributed by atoms with van der Waals surface area (Å²) in [4.78, 5) is 16.5. The summed E-state index contributed by atoms with van der Waals surface area (Å²) in [6, 6.07) is 10.9. The molecule has 2 aliphatic heterocycles. The molecule has 6 nitrogen and oxygen atoms in total. The van der Waals surface area contributed by atoms with E-state index in [1.54, 1.807) is 24.3 Å². The molecule has 0 aliphatic carbocycles. The number of nitrogens with zero attached hydrogens (tertiary/aromatic N) is 3. The van der Waals surface area contributed by atoms with Crippen molar-refractivity contribution in [3.8, 4) is 11.3 Å². The van der Waals surface area contributed by atoms with E-state index in [2.05, 4.69) is 23.9 Å². The van der Waals surface area contributed by atoms with Gasteiger partial charge in [-0.2, -0.15) is 15.1 Å². The fourth-order valence-electron chi connectivity index (χ4n) is 2.83. The minimum absolute atomic E-state index is 0.00182. The van der Waals surface area contributed by atoms with E-state index in [-0.39, 0.29) is 11.4 Å². The Labute approximate surface area is 171 Å². The standard InChI is InChI=1S/C20H17ClN4O2S/c1-11(2)8-17-24-25-18(22)15(19(26)23-20(25)28-17)10-14-6-7-16(27-14)12-4-3-5-13(21)9-12/h3-7,9-11,22H,8H2,1-2H3/b15-10-,22-18?. The minimum atomic E-state index is -0.467. The Morgan fingerprint density at radius 3 is 2.89 bits per heavy atom. The zero-order chi connectivity index (χ0) is 19.8. The summed E-state index contributed by atoms with van der Waals surface area (Å²) in [6.45, 7) is 4.19. The largest absolute Gasteiger partial charge is 0.457 e. The highest BCUT2D eigenvalue weighted by atomic mass is 35.5. The number of amidine groups is 2. The molecule has 0 spiro atoms. The number of benzene rings is 1. The quantitative estimate of drug-likeness (QED) is 0.694. The maximum Gasteiger partial charge on any atom is 0.283 e. The number of hydrogen-bond acceptors (Lipinski definition) is 5. The van der Waals surface area contributed by atoms with Crippen molar-refractivity contribution in [1.29, 1.82) is 5.41 Å². The number of aliphatic imine (C=N–C) groups is 1. The molecule has 0 fully saturated rings. The fourth-order valence-corrected chi connectivity index (χ4v) is 4.12. The van der Waals surface area contributed by atoms with Crippen LogP contribution in [-0.2, 0) is 4.79 Å². The van der Waals surface area contributed by atoms with E-state index in [0.29, 0.717) is 27.6 Å². The second-order valence-electron chi connectivity index (χ2n) is 6.82. The number of halogens is 1. The van der Waals surface area contributed by atoms with E-state index >= 15 is 0 Å². The van der Waals surface area contributed by atoms with E-state index in [1.807, 2.05) is 12.1 Å². The Morgan fingerprint density at radius 2 is 2.14 bits per heavy atom. The van der Waals surface area contributed by atoms with Crippen LogP contribution in [0.1, 0.15) is 26.0 Å². The van der Waals surface area contributed by atoms with Gasteiger partial charge in [0.1, 0.15) is 16.6 Å². The predicted molar refractivity (Wildman–Crippen MR) is 114 cm³/mol. The Bertz CT molecular complexity index is 1070. The summed E-state index contributed by atoms with van der Waals surface area (Å²) in [5.41, 5.74) is 0.979. The third kappa shape index (κ3) is 3.68. The van der Waals surface area contributed by atoms with Crippen LogP contribution in [0.2, 0.25) is 5.02 Å². The molecule has 1 aromatic heterocycles. The van der Waals surface area contributed by atoms with Crippen molar-refractivity contribution in [2.45, 2.75) is 20.3 Å². The second kappa shape index (κ2) is 7.41. The molecule has 2 aromatic rings. The lowest BCUT2D eigenvalue weighted by Crippen LogP contribution is -2.35. The Balaban J connectivity index is 1.62. The number of furan rings is 1. The lowest BCUT2D eigenvalue weighted by molar-refractivity contribution is -0.114. The summed E-state index contributed by atoms with van der Waals surface area (Å²) >= 11 is 7.37. The molecule has 0 saturated heterocycles. The first-order valence-electron chi connectivity index (χ1n) is 8.75. The minimum Gasteiger partial charge on any atom is -0.457 e. The first kappa shape index (κ1) is 18.7. The number of hydrogen-bond donors (Lipinski definition) is 1. The number of hydrazone groups is 1. The molecule has 142 valence electrons. The molecule has 2 aliphatic rings. The SMILES string of the molecule is CC(C)CC1=NN2C(=N)/C(=C/c3ccc(-c4cccc(Cl)c4)o3)C(=O)N=C2S1. The topological polar surface area (TPSA) is 82.0 Å². The Morgan fingerprint density at radius 1 is 1.32 bits per heavy atom. The number of carbonyl (C=O) groups excluding carboxylic acids is 1. The van der Waals surface area contributed by atoms with Crippen LogP contribution in [0.4, 0.5) is 0 Å². The number of carbonyl (C=O) groups is 1. The summed E-state index contributed by atoms with van der Waals surface area (Å²) in [5.74, 6) is 1.05. The summed E-state index contributed by atoms with van der Waals surface area (Å²) in [5, 5.41) is 16.2. The van der Waals surface area contributed by atoms with Crippen molar-refractivity contribution in [2.75, 3.05) is 0 Å². The Kier molecular flexibility index (Phi) is 4.95. The van der Waals surface area contributed by atoms with Crippen LogP contribution in [0.3, 0.4) is 0 Å². The number of nitrogens with one attached hydrogen (secondary N) is 1. The molecule has 28 heavy (non-hydrogen) atoms. The van der Waals surface area contributed by atoms with E-state index in [1.165, 1.54) is 22.8 Å². The highest BCUT2D eigenvalue weighted by Gasteiger charge is 2.35. The third-order valence-corrected chi connectivity index (χ3v) is 5.27. The van der Waals surface area contributed by atoms with Gasteiger partial charge in [-0.3, -0.25) is 10.2 Å². The molecule has 4 rings (SSSR count). The van der Waals surface area contributed by atoms with Crippen LogP contribution < -0.4 is 0 Å². The van der Waals surface area contributed by atoms with Crippen LogP contribution in [0.15, 0.2) is 56.5 Å². The number of amides is 1. The first-order chi connectivity index (χ1) is 13.4. The smallest absolute Gasteiger partial charge is 0.283 e. The molecule has 1 amide bonds. The van der Waals surface area contributed by atoms with Crippen molar-refractivity contribution < 1.29 is 9.21 Å². The van der Waals surface area contributed by atoms with E-state index < -0.39 is 5.91 Å². The number of rotatable bonds is 4. The molecular weight excluding hydrogens is 396 g/mol. The van der Waals surface area contributed by atoms with E-state index in [0.717, 1.165) is 17.0 Å². The average Bonchev–Trinajstić information content (AvgIpc) is 3.25. The molecule has 8 heteroatoms. The predicted octanol–water partition coefficient (Wildman–Crippen LogP) is 5.27. The first-order valence-corrected chi connectivity index (χ1v) is 9.95. The molecule has 3 heterocycles. The maximum atomic E-state index is 12.5. The van der Waals surface area contributed by atoms with Crippen molar-refractivity contribution in [3.63, 3.8) is 0 Å². The molecule has 1 aromatic carbocycles. The number of thioether (sulfide) groups is 1. The molecular formula is C20H17ClN4O2S. The van der Waals surface area contributed by atoms with Crippen molar-refractivity contribution >= 4 is 51.4 Å². The average molecular weight is 413 g/mol. The Hall–Kier alpha value is -2.64. The van der Waals surface area contributed by atoms with Crippen LogP contribution in [-0.4, -0.2) is 27.0 Å². The van der Waals surface area contributed by atoms with E-state index in [4.69, 9.17) is 21.4 Å². The summed E-state index contributed by atoms with van der Waals surface area (Å²) in [6.07, 6.45) is 2.31. The number of fused-ring (bicyclic) bond motifs is 1. The van der Waals surface area contributed by atoms with Crippen LogP contribution >= 0.6 is 23.4 Å². The van der Waals surface area contributed by atoms with Gasteiger partial charge in [-0.1, -0.05) is 37.6 Å². The monoisotopic (exact) mass is 412 g/mol. The van der Waals surface area contributed by atoms with Gasteiger partial charge in [0.25, 0.3) is 5.91 Å². The van der Waals surface area contributed by atoms with E-state index in [9.17, 15) is 4.79 Å². The van der Waals surface area contributed by atoms with Gasteiger partial charge in [-0.25, -0.2) is 0 Å². The van der Waals surface area contributed by atoms with Crippen LogP contribution in [0.5, 0.6) is 0 Å². The maximum absolute atomic E-state index is 12.5. The van der Waals surface area contributed by atoms with Crippen LogP contribution in [0, 0.1) is 11.3 Å². The van der Waals surface area contributed by atoms with Gasteiger partial charge in [0.2, 0.25) is 5.17 Å². The highest BCUT2D eigenvalue weighted by molar-refractivity contribution is 8.26. The van der Waals surface area contributed by atoms with Gasteiger partial charge in [0, 0.05) is 17.0 Å². The molecule has 0 saturated carbocycles. The van der Waals surface area contributed by atoms with Gasteiger partial charge in [0.15, 0.2) is 5.84 Å². The van der Waals surface area contributed by atoms with Crippen molar-refractivity contribution in [3.05, 3.63) is 52.8 Å². The highest BCUT2D eigenvalue weighted by Crippen LogP contribution is 2.31. The molecule has 1 N–H and O–H groups in total. The third-order valence-electron chi connectivity index (χ3n) is 4.10. The zero-order valence-corrected chi connectivity index (χ0v) is 16.8. The van der Waals surface area contributed by atoms with Gasteiger partial charge >= 0.3 is 0 Å². The lowest BCUT2D eigenvalue weighted by Gasteiger charge is -2.19. The molecule has 0 unspecified atom stereocenters.